The molecule has 0 saturated heterocycles. The highest BCUT2D eigenvalue weighted by atomic mass is 16.6. The van der Waals surface area contributed by atoms with Gasteiger partial charge < -0.3 is 19.5 Å². The van der Waals surface area contributed by atoms with E-state index in [9.17, 15) is 19.7 Å². The lowest BCUT2D eigenvalue weighted by Crippen LogP contribution is -2.38. The van der Waals surface area contributed by atoms with Gasteiger partial charge in [0.25, 0.3) is 5.91 Å². The van der Waals surface area contributed by atoms with Crippen molar-refractivity contribution in [3.8, 4) is 5.75 Å². The van der Waals surface area contributed by atoms with E-state index < -0.39 is 28.6 Å². The van der Waals surface area contributed by atoms with E-state index in [2.05, 4.69) is 10.1 Å². The fourth-order valence-corrected chi connectivity index (χ4v) is 1.67. The molecule has 0 heterocycles. The molecule has 0 aliphatic rings. The Labute approximate surface area is 132 Å². The highest BCUT2D eigenvalue weighted by molar-refractivity contribution is 5.90. The van der Waals surface area contributed by atoms with Gasteiger partial charge in [-0.3, -0.25) is 14.9 Å². The van der Waals surface area contributed by atoms with Crippen LogP contribution in [0.4, 0.5) is 5.69 Å². The summed E-state index contributed by atoms with van der Waals surface area (Å²) in [5.41, 5.74) is -0.409. The normalized spacial score (nSPS) is 11.4. The lowest BCUT2D eigenvalue weighted by molar-refractivity contribution is -0.386. The summed E-state index contributed by atoms with van der Waals surface area (Å²) in [6.45, 7) is 2.10. The van der Waals surface area contributed by atoms with Crippen LogP contribution in [-0.4, -0.2) is 50.3 Å². The molecule has 1 N–H and O–H groups in total. The number of carbonyl (C=O) groups is 2. The van der Waals surface area contributed by atoms with Crippen molar-refractivity contribution in [3.63, 3.8) is 0 Å². The van der Waals surface area contributed by atoms with Crippen LogP contribution in [0.15, 0.2) is 18.2 Å². The summed E-state index contributed by atoms with van der Waals surface area (Å²) in [7, 11) is 2.67. The third kappa shape index (κ3) is 5.22. The number of nitro groups is 1. The molecule has 9 heteroatoms. The van der Waals surface area contributed by atoms with Crippen molar-refractivity contribution in [1.82, 2.24) is 5.32 Å². The second-order valence-corrected chi connectivity index (χ2v) is 4.48. The van der Waals surface area contributed by atoms with Crippen molar-refractivity contribution >= 4 is 17.6 Å². The van der Waals surface area contributed by atoms with Crippen molar-refractivity contribution in [2.75, 3.05) is 27.4 Å². The van der Waals surface area contributed by atoms with Gasteiger partial charge in [-0.05, 0) is 19.1 Å². The Morgan fingerprint density at radius 1 is 1.35 bits per heavy atom. The number of nitro benzene ring substituents is 1. The van der Waals surface area contributed by atoms with Crippen LogP contribution >= 0.6 is 0 Å². The second-order valence-electron chi connectivity index (χ2n) is 4.48. The molecule has 0 saturated carbocycles. The van der Waals surface area contributed by atoms with Gasteiger partial charge >= 0.3 is 11.7 Å². The molecule has 0 bridgehead atoms. The van der Waals surface area contributed by atoms with E-state index in [0.29, 0.717) is 13.2 Å². The smallest absolute Gasteiger partial charge is 0.338 e. The number of amides is 1. The summed E-state index contributed by atoms with van der Waals surface area (Å²) >= 11 is 0. The van der Waals surface area contributed by atoms with Crippen molar-refractivity contribution in [3.05, 3.63) is 33.9 Å². The maximum atomic E-state index is 11.8. The maximum absolute atomic E-state index is 11.8. The first-order valence-electron chi connectivity index (χ1n) is 6.70. The number of nitrogens with zero attached hydrogens (tertiary/aromatic N) is 1. The number of hydrogen-bond donors (Lipinski definition) is 1. The maximum Gasteiger partial charge on any atom is 0.338 e. The molecule has 9 nitrogen and oxygen atoms in total. The number of methoxy groups -OCH3 is 2. The molecule has 1 atom stereocenters. The molecule has 0 aliphatic carbocycles. The largest absolute Gasteiger partial charge is 0.474 e. The fraction of sp³-hybridized carbons (Fsp3) is 0.429. The lowest BCUT2D eigenvalue weighted by Gasteiger charge is -2.14. The Hall–Kier alpha value is -2.68. The number of benzene rings is 1. The number of carbonyl (C=O) groups excluding carboxylic acids is 2. The first kappa shape index (κ1) is 18.4. The predicted octanol–water partition coefficient (Wildman–Crippen LogP) is 0.911. The van der Waals surface area contributed by atoms with E-state index in [-0.39, 0.29) is 11.3 Å². The zero-order chi connectivity index (χ0) is 17.4. The molecule has 1 amide bonds. The van der Waals surface area contributed by atoms with E-state index in [1.165, 1.54) is 33.3 Å². The highest BCUT2D eigenvalue weighted by Gasteiger charge is 2.23. The van der Waals surface area contributed by atoms with Crippen LogP contribution in [0.1, 0.15) is 17.3 Å². The molecular formula is C14H18N2O7. The molecule has 1 aromatic rings. The molecule has 0 aliphatic heterocycles. The fourth-order valence-electron chi connectivity index (χ4n) is 1.67. The molecule has 0 unspecified atom stereocenters. The van der Waals surface area contributed by atoms with Gasteiger partial charge in [0.05, 0.1) is 24.2 Å². The Bertz CT molecular complexity index is 588. The standard InChI is InChI=1S/C14H18N2O7/c1-9(13(17)15-6-7-21-2)23-12-5-4-10(14(18)22-3)8-11(12)16(19)20/h4-5,8-9H,6-7H2,1-3H3,(H,15,17)/t9-/m0/s1. The van der Waals surface area contributed by atoms with Gasteiger partial charge in [0.2, 0.25) is 0 Å². The molecule has 1 aromatic carbocycles. The minimum atomic E-state index is -0.950. The van der Waals surface area contributed by atoms with Crippen molar-refractivity contribution in [2.45, 2.75) is 13.0 Å². The summed E-state index contributed by atoms with van der Waals surface area (Å²) in [6.07, 6.45) is -0.950. The third-order valence-corrected chi connectivity index (χ3v) is 2.86. The van der Waals surface area contributed by atoms with Gasteiger partial charge in [0.1, 0.15) is 0 Å². The molecular weight excluding hydrogens is 308 g/mol. The van der Waals surface area contributed by atoms with Crippen LogP contribution in [0.25, 0.3) is 0 Å². The quantitative estimate of drug-likeness (QED) is 0.326. The molecule has 0 aromatic heterocycles. The van der Waals surface area contributed by atoms with E-state index in [1.54, 1.807) is 0 Å². The molecule has 1 rings (SSSR count). The van der Waals surface area contributed by atoms with Crippen molar-refractivity contribution < 1.29 is 28.7 Å². The van der Waals surface area contributed by atoms with Crippen molar-refractivity contribution in [2.24, 2.45) is 0 Å². The Morgan fingerprint density at radius 2 is 2.04 bits per heavy atom. The topological polar surface area (TPSA) is 117 Å². The third-order valence-electron chi connectivity index (χ3n) is 2.86. The number of nitrogens with one attached hydrogen (secondary N) is 1. The van der Waals surface area contributed by atoms with Gasteiger partial charge in [-0.25, -0.2) is 4.79 Å². The SMILES string of the molecule is COCCNC(=O)[C@H](C)Oc1ccc(C(=O)OC)cc1[N+](=O)[O-]. The molecule has 126 valence electrons. The van der Waals surface area contributed by atoms with Crippen LogP contribution in [0.5, 0.6) is 5.75 Å². The van der Waals surface area contributed by atoms with Gasteiger partial charge in [-0.1, -0.05) is 0 Å². The lowest BCUT2D eigenvalue weighted by atomic mass is 10.2. The van der Waals surface area contributed by atoms with Crippen LogP contribution in [0.3, 0.4) is 0 Å². The number of esters is 1. The van der Waals surface area contributed by atoms with Gasteiger partial charge in [-0.15, -0.1) is 0 Å². The zero-order valence-corrected chi connectivity index (χ0v) is 13.0. The summed E-state index contributed by atoms with van der Waals surface area (Å²) in [6, 6.07) is 3.61. The Morgan fingerprint density at radius 3 is 2.61 bits per heavy atom. The van der Waals surface area contributed by atoms with Crippen molar-refractivity contribution in [1.29, 1.82) is 0 Å². The van der Waals surface area contributed by atoms with Crippen LogP contribution in [0, 0.1) is 10.1 Å². The van der Waals surface area contributed by atoms with E-state index in [0.717, 1.165) is 6.07 Å². The average molecular weight is 326 g/mol. The first-order chi connectivity index (χ1) is 10.9. The Balaban J connectivity index is 2.88. The Kier molecular flexibility index (Phi) is 6.94. The number of hydrogen-bond acceptors (Lipinski definition) is 7. The molecule has 0 spiro atoms. The van der Waals surface area contributed by atoms with E-state index >= 15 is 0 Å². The summed E-state index contributed by atoms with van der Waals surface area (Å²) in [4.78, 5) is 33.6. The first-order valence-corrected chi connectivity index (χ1v) is 6.70. The van der Waals surface area contributed by atoms with Crippen LogP contribution < -0.4 is 10.1 Å². The molecule has 23 heavy (non-hydrogen) atoms. The van der Waals surface area contributed by atoms with E-state index in [1.807, 2.05) is 0 Å². The van der Waals surface area contributed by atoms with Gasteiger partial charge in [-0.2, -0.15) is 0 Å². The summed E-state index contributed by atoms with van der Waals surface area (Å²) in [5, 5.41) is 13.7. The number of rotatable bonds is 8. The molecule has 0 fully saturated rings. The van der Waals surface area contributed by atoms with Crippen LogP contribution in [-0.2, 0) is 14.3 Å². The minimum Gasteiger partial charge on any atom is -0.474 e. The van der Waals surface area contributed by atoms with Gasteiger partial charge in [0.15, 0.2) is 11.9 Å². The molecule has 0 radical (unpaired) electrons. The van der Waals surface area contributed by atoms with Gasteiger partial charge in [0, 0.05) is 19.7 Å². The summed E-state index contributed by atoms with van der Waals surface area (Å²) < 4.78 is 14.6. The average Bonchev–Trinajstić information content (AvgIpc) is 2.54. The second kappa shape index (κ2) is 8.69. The zero-order valence-electron chi connectivity index (χ0n) is 13.0. The summed E-state index contributed by atoms with van der Waals surface area (Å²) in [5.74, 6) is -1.25. The highest BCUT2D eigenvalue weighted by Crippen LogP contribution is 2.29. The van der Waals surface area contributed by atoms with E-state index in [4.69, 9.17) is 9.47 Å². The predicted molar refractivity (Wildman–Crippen MR) is 79.4 cm³/mol. The monoisotopic (exact) mass is 326 g/mol. The minimum absolute atomic E-state index is 0.0174. The number of ether oxygens (including phenoxy) is 3. The van der Waals surface area contributed by atoms with Crippen LogP contribution in [0.2, 0.25) is 0 Å².